The summed E-state index contributed by atoms with van der Waals surface area (Å²) < 4.78 is 0. The molecule has 14 heavy (non-hydrogen) atoms. The van der Waals surface area contributed by atoms with Gasteiger partial charge in [-0.25, -0.2) is 0 Å². The first-order valence-electron chi connectivity index (χ1n) is 6.33. The second-order valence-electron chi connectivity index (χ2n) is 5.07. The average Bonchev–Trinajstić information content (AvgIpc) is 2.03. The number of hydrogen-bond acceptors (Lipinski definition) is 2. The van der Waals surface area contributed by atoms with Gasteiger partial charge in [0.15, 0.2) is 0 Å². The molecule has 0 amide bonds. The molecule has 2 fully saturated rings. The fourth-order valence-electron chi connectivity index (χ4n) is 2.54. The summed E-state index contributed by atoms with van der Waals surface area (Å²) in [6.07, 6.45) is 10.0. The van der Waals surface area contributed by atoms with Crippen LogP contribution in [-0.2, 0) is 0 Å². The Hall–Kier alpha value is -0.0800. The van der Waals surface area contributed by atoms with E-state index >= 15 is 0 Å². The first kappa shape index (κ1) is 10.4. The molecular formula is C12H24N2. The highest BCUT2D eigenvalue weighted by molar-refractivity contribution is 4.83. The molecule has 0 spiro atoms. The Morgan fingerprint density at radius 3 is 2.29 bits per heavy atom. The normalized spacial score (nSPS) is 25.5. The lowest BCUT2D eigenvalue weighted by Crippen LogP contribution is -2.45. The van der Waals surface area contributed by atoms with Crippen molar-refractivity contribution in [2.24, 2.45) is 17.6 Å². The van der Waals surface area contributed by atoms with Crippen LogP contribution in [0.15, 0.2) is 0 Å². The molecule has 2 nitrogen and oxygen atoms in total. The van der Waals surface area contributed by atoms with Gasteiger partial charge in [0, 0.05) is 12.6 Å². The zero-order valence-electron chi connectivity index (χ0n) is 9.17. The highest BCUT2D eigenvalue weighted by Gasteiger charge is 2.26. The van der Waals surface area contributed by atoms with E-state index in [4.69, 9.17) is 5.73 Å². The van der Waals surface area contributed by atoms with Gasteiger partial charge in [-0.3, -0.25) is 0 Å². The zero-order valence-corrected chi connectivity index (χ0v) is 9.17. The van der Waals surface area contributed by atoms with Crippen LogP contribution < -0.4 is 11.1 Å². The van der Waals surface area contributed by atoms with Crippen molar-refractivity contribution in [1.82, 2.24) is 5.32 Å². The average molecular weight is 196 g/mol. The van der Waals surface area contributed by atoms with Gasteiger partial charge in [0.2, 0.25) is 0 Å². The summed E-state index contributed by atoms with van der Waals surface area (Å²) in [6, 6.07) is 0.615. The van der Waals surface area contributed by atoms with E-state index in [-0.39, 0.29) is 0 Å². The first-order valence-corrected chi connectivity index (χ1v) is 6.33. The molecule has 3 N–H and O–H groups in total. The summed E-state index contributed by atoms with van der Waals surface area (Å²) in [6.45, 7) is 2.03. The quantitative estimate of drug-likeness (QED) is 0.681. The van der Waals surface area contributed by atoms with E-state index in [0.29, 0.717) is 6.04 Å². The molecule has 0 radical (unpaired) electrons. The van der Waals surface area contributed by atoms with Crippen molar-refractivity contribution in [3.05, 3.63) is 0 Å². The monoisotopic (exact) mass is 196 g/mol. The van der Waals surface area contributed by atoms with E-state index in [1.54, 1.807) is 0 Å². The standard InChI is InChI=1S/C12H24N2/c13-9-12(11-5-2-6-11)14-8-7-10-3-1-4-10/h10-12,14H,1-9,13H2. The van der Waals surface area contributed by atoms with E-state index in [0.717, 1.165) is 18.4 Å². The summed E-state index contributed by atoms with van der Waals surface area (Å²) in [5.74, 6) is 1.92. The van der Waals surface area contributed by atoms with Crippen molar-refractivity contribution in [3.63, 3.8) is 0 Å². The van der Waals surface area contributed by atoms with Crippen LogP contribution >= 0.6 is 0 Å². The molecular weight excluding hydrogens is 172 g/mol. The van der Waals surface area contributed by atoms with Crippen LogP contribution in [0.3, 0.4) is 0 Å². The van der Waals surface area contributed by atoms with Crippen molar-refractivity contribution in [2.75, 3.05) is 13.1 Å². The van der Waals surface area contributed by atoms with Crippen molar-refractivity contribution in [1.29, 1.82) is 0 Å². The van der Waals surface area contributed by atoms with Crippen LogP contribution in [-0.4, -0.2) is 19.1 Å². The highest BCUT2D eigenvalue weighted by atomic mass is 14.9. The highest BCUT2D eigenvalue weighted by Crippen LogP contribution is 2.30. The topological polar surface area (TPSA) is 38.0 Å². The zero-order chi connectivity index (χ0) is 9.80. The lowest BCUT2D eigenvalue weighted by molar-refractivity contribution is 0.220. The molecule has 1 unspecified atom stereocenters. The van der Waals surface area contributed by atoms with Gasteiger partial charge in [-0.1, -0.05) is 25.7 Å². The minimum Gasteiger partial charge on any atom is -0.329 e. The van der Waals surface area contributed by atoms with Crippen molar-refractivity contribution in [2.45, 2.75) is 51.0 Å². The third-order valence-corrected chi connectivity index (χ3v) is 4.16. The van der Waals surface area contributed by atoms with Crippen LogP contribution in [0.5, 0.6) is 0 Å². The van der Waals surface area contributed by atoms with Crippen LogP contribution in [0, 0.1) is 11.8 Å². The second-order valence-corrected chi connectivity index (χ2v) is 5.07. The van der Waals surface area contributed by atoms with Crippen LogP contribution in [0.2, 0.25) is 0 Å². The van der Waals surface area contributed by atoms with Crippen molar-refractivity contribution < 1.29 is 0 Å². The largest absolute Gasteiger partial charge is 0.329 e. The lowest BCUT2D eigenvalue weighted by Gasteiger charge is -2.34. The molecule has 2 heteroatoms. The maximum atomic E-state index is 5.78. The van der Waals surface area contributed by atoms with Gasteiger partial charge in [0.25, 0.3) is 0 Å². The molecule has 2 aliphatic carbocycles. The summed E-state index contributed by atoms with van der Waals surface area (Å²) in [5, 5.41) is 3.65. The maximum Gasteiger partial charge on any atom is 0.0218 e. The molecule has 0 aliphatic heterocycles. The minimum atomic E-state index is 0.615. The molecule has 1 atom stereocenters. The predicted octanol–water partition coefficient (Wildman–Crippen LogP) is 1.89. The second kappa shape index (κ2) is 5.13. The molecule has 0 aromatic carbocycles. The molecule has 0 bridgehead atoms. The molecule has 2 rings (SSSR count). The summed E-state index contributed by atoms with van der Waals surface area (Å²) in [7, 11) is 0. The van der Waals surface area contributed by atoms with Gasteiger partial charge in [-0.05, 0) is 37.6 Å². The number of nitrogens with one attached hydrogen (secondary N) is 1. The van der Waals surface area contributed by atoms with Crippen molar-refractivity contribution in [3.8, 4) is 0 Å². The Morgan fingerprint density at radius 1 is 1.14 bits per heavy atom. The Morgan fingerprint density at radius 2 is 1.86 bits per heavy atom. The van der Waals surface area contributed by atoms with Crippen LogP contribution in [0.25, 0.3) is 0 Å². The van der Waals surface area contributed by atoms with Gasteiger partial charge >= 0.3 is 0 Å². The molecule has 2 aliphatic rings. The number of hydrogen-bond donors (Lipinski definition) is 2. The number of rotatable bonds is 6. The molecule has 0 aromatic rings. The molecule has 2 saturated carbocycles. The first-order chi connectivity index (χ1) is 6.90. The number of nitrogens with two attached hydrogens (primary N) is 1. The fourth-order valence-corrected chi connectivity index (χ4v) is 2.54. The molecule has 0 aromatic heterocycles. The van der Waals surface area contributed by atoms with E-state index in [9.17, 15) is 0 Å². The maximum absolute atomic E-state index is 5.78. The van der Waals surface area contributed by atoms with E-state index in [2.05, 4.69) is 5.32 Å². The van der Waals surface area contributed by atoms with E-state index in [1.807, 2.05) is 0 Å². The summed E-state index contributed by atoms with van der Waals surface area (Å²) >= 11 is 0. The van der Waals surface area contributed by atoms with Gasteiger partial charge in [0.1, 0.15) is 0 Å². The molecule has 0 heterocycles. The Labute approximate surface area is 87.6 Å². The third kappa shape index (κ3) is 2.48. The Kier molecular flexibility index (Phi) is 3.82. The Balaban J connectivity index is 1.56. The predicted molar refractivity (Wildman–Crippen MR) is 60.1 cm³/mol. The third-order valence-electron chi connectivity index (χ3n) is 4.16. The van der Waals surface area contributed by atoms with Gasteiger partial charge in [-0.15, -0.1) is 0 Å². The van der Waals surface area contributed by atoms with Gasteiger partial charge in [0.05, 0.1) is 0 Å². The van der Waals surface area contributed by atoms with Gasteiger partial charge in [-0.2, -0.15) is 0 Å². The van der Waals surface area contributed by atoms with Crippen LogP contribution in [0.1, 0.15) is 44.9 Å². The fraction of sp³-hybridized carbons (Fsp3) is 1.00. The summed E-state index contributed by atoms with van der Waals surface area (Å²) in [5.41, 5.74) is 5.78. The van der Waals surface area contributed by atoms with Crippen molar-refractivity contribution >= 4 is 0 Å². The SMILES string of the molecule is NCC(NCCC1CCC1)C1CCC1. The van der Waals surface area contributed by atoms with Crippen LogP contribution in [0.4, 0.5) is 0 Å². The van der Waals surface area contributed by atoms with E-state index < -0.39 is 0 Å². The smallest absolute Gasteiger partial charge is 0.0218 e. The summed E-state index contributed by atoms with van der Waals surface area (Å²) in [4.78, 5) is 0. The molecule has 0 saturated heterocycles. The Bertz CT molecular complexity index is 162. The van der Waals surface area contributed by atoms with E-state index in [1.165, 1.54) is 51.5 Å². The lowest BCUT2D eigenvalue weighted by atomic mass is 9.79. The molecule has 82 valence electrons. The minimum absolute atomic E-state index is 0.615. The van der Waals surface area contributed by atoms with Gasteiger partial charge < -0.3 is 11.1 Å².